The van der Waals surface area contributed by atoms with Crippen molar-refractivity contribution >= 4 is 28.8 Å². The van der Waals surface area contributed by atoms with Crippen LogP contribution in [0, 0.1) is 0 Å². The summed E-state index contributed by atoms with van der Waals surface area (Å²) in [5.74, 6) is -0.264. The van der Waals surface area contributed by atoms with Crippen LogP contribution in [0.3, 0.4) is 0 Å². The van der Waals surface area contributed by atoms with Crippen LogP contribution in [-0.4, -0.2) is 25.5 Å². The Morgan fingerprint density at radius 3 is 2.64 bits per heavy atom. The summed E-state index contributed by atoms with van der Waals surface area (Å²) in [5.41, 5.74) is 2.05. The number of methoxy groups -OCH3 is 1. The standard InChI is InChI=1S/C22H20O6/c1-3-18-16(15-6-4-5-7-19(15)28-18)9-10-17(23)14-8-11-20(21(12-14)26-2)27-13-22(24)25/h4-12H,3,13H2,1-2H3,(H,24,25)/p-1/b10-9+. The Kier molecular flexibility index (Phi) is 5.79. The number of carboxylic acids is 1. The van der Waals surface area contributed by atoms with E-state index in [4.69, 9.17) is 13.9 Å². The first-order chi connectivity index (χ1) is 13.5. The van der Waals surface area contributed by atoms with E-state index < -0.39 is 12.6 Å². The first-order valence-corrected chi connectivity index (χ1v) is 8.77. The van der Waals surface area contributed by atoms with Crippen molar-refractivity contribution in [2.24, 2.45) is 0 Å². The van der Waals surface area contributed by atoms with Gasteiger partial charge in [-0.05, 0) is 36.4 Å². The number of para-hydroxylation sites is 1. The molecule has 0 aliphatic carbocycles. The first-order valence-electron chi connectivity index (χ1n) is 8.77. The van der Waals surface area contributed by atoms with E-state index in [0.717, 1.165) is 22.3 Å². The fourth-order valence-electron chi connectivity index (χ4n) is 2.89. The number of ketones is 1. The number of carbonyl (C=O) groups is 2. The third-order valence-electron chi connectivity index (χ3n) is 4.23. The van der Waals surface area contributed by atoms with Crippen LogP contribution < -0.4 is 14.6 Å². The maximum Gasteiger partial charge on any atom is 0.185 e. The summed E-state index contributed by atoms with van der Waals surface area (Å²) in [6.45, 7) is 1.39. The Labute approximate surface area is 162 Å². The Hall–Kier alpha value is -3.54. The summed E-state index contributed by atoms with van der Waals surface area (Å²) < 4.78 is 16.1. The number of benzene rings is 2. The van der Waals surface area contributed by atoms with Gasteiger partial charge in [0, 0.05) is 22.9 Å². The number of aliphatic carboxylic acids is 1. The highest BCUT2D eigenvalue weighted by Crippen LogP contribution is 2.30. The number of hydrogen-bond acceptors (Lipinski definition) is 6. The summed E-state index contributed by atoms with van der Waals surface area (Å²) in [6.07, 6.45) is 3.94. The molecule has 0 unspecified atom stereocenters. The molecule has 6 heteroatoms. The molecule has 1 heterocycles. The molecule has 0 radical (unpaired) electrons. The fourth-order valence-corrected chi connectivity index (χ4v) is 2.89. The SMILES string of the molecule is CCc1oc2ccccc2c1/C=C/C(=O)c1ccc(OCC(=O)[O-])c(OC)c1. The molecule has 0 atom stereocenters. The van der Waals surface area contributed by atoms with Crippen molar-refractivity contribution in [1.82, 2.24) is 0 Å². The van der Waals surface area contributed by atoms with Gasteiger partial charge in [0.1, 0.15) is 18.0 Å². The van der Waals surface area contributed by atoms with E-state index >= 15 is 0 Å². The predicted molar refractivity (Wildman–Crippen MR) is 102 cm³/mol. The highest BCUT2D eigenvalue weighted by molar-refractivity contribution is 6.08. The molecule has 1 aromatic heterocycles. The number of carboxylic acid groups (broad SMARTS) is 1. The third kappa shape index (κ3) is 4.06. The lowest BCUT2D eigenvalue weighted by Gasteiger charge is -2.11. The average Bonchev–Trinajstić information content (AvgIpc) is 3.07. The highest BCUT2D eigenvalue weighted by Gasteiger charge is 2.12. The molecule has 0 N–H and O–H groups in total. The van der Waals surface area contributed by atoms with E-state index in [9.17, 15) is 14.7 Å². The number of hydrogen-bond donors (Lipinski definition) is 0. The lowest BCUT2D eigenvalue weighted by molar-refractivity contribution is -0.307. The van der Waals surface area contributed by atoms with Gasteiger partial charge in [-0.15, -0.1) is 0 Å². The van der Waals surface area contributed by atoms with Crippen molar-refractivity contribution in [3.05, 3.63) is 65.4 Å². The molecule has 0 amide bonds. The molecular weight excluding hydrogens is 360 g/mol. The van der Waals surface area contributed by atoms with E-state index in [2.05, 4.69) is 0 Å². The molecule has 0 saturated heterocycles. The zero-order chi connectivity index (χ0) is 20.1. The fraction of sp³-hybridized carbons (Fsp3) is 0.182. The van der Waals surface area contributed by atoms with Gasteiger partial charge >= 0.3 is 0 Å². The van der Waals surface area contributed by atoms with Crippen molar-refractivity contribution in [3.63, 3.8) is 0 Å². The summed E-state index contributed by atoms with van der Waals surface area (Å²) >= 11 is 0. The molecule has 0 saturated carbocycles. The molecule has 0 bridgehead atoms. The quantitative estimate of drug-likeness (QED) is 0.441. The predicted octanol–water partition coefficient (Wildman–Crippen LogP) is 3.03. The number of allylic oxidation sites excluding steroid dienone is 1. The minimum atomic E-state index is -1.34. The van der Waals surface area contributed by atoms with Crippen LogP contribution in [0.2, 0.25) is 0 Å². The minimum absolute atomic E-state index is 0.223. The number of carbonyl (C=O) groups excluding carboxylic acids is 2. The van der Waals surface area contributed by atoms with E-state index in [1.165, 1.54) is 25.3 Å². The first kappa shape index (κ1) is 19.2. The molecule has 3 aromatic rings. The zero-order valence-electron chi connectivity index (χ0n) is 15.6. The van der Waals surface area contributed by atoms with Crippen LogP contribution >= 0.6 is 0 Å². The van der Waals surface area contributed by atoms with E-state index in [1.54, 1.807) is 12.1 Å². The topological polar surface area (TPSA) is 88.8 Å². The number of ether oxygens (including phenoxy) is 2. The van der Waals surface area contributed by atoms with Gasteiger partial charge in [0.15, 0.2) is 17.3 Å². The zero-order valence-corrected chi connectivity index (χ0v) is 15.6. The molecule has 0 aliphatic rings. The summed E-state index contributed by atoms with van der Waals surface area (Å²) in [5, 5.41) is 11.5. The Morgan fingerprint density at radius 1 is 1.14 bits per heavy atom. The summed E-state index contributed by atoms with van der Waals surface area (Å²) in [7, 11) is 1.41. The van der Waals surface area contributed by atoms with E-state index in [1.807, 2.05) is 31.2 Å². The van der Waals surface area contributed by atoms with Crippen molar-refractivity contribution < 1.29 is 28.6 Å². The average molecular weight is 379 g/mol. The molecule has 144 valence electrons. The molecule has 28 heavy (non-hydrogen) atoms. The van der Waals surface area contributed by atoms with Gasteiger partial charge < -0.3 is 23.8 Å². The molecule has 2 aromatic carbocycles. The number of furan rings is 1. The monoisotopic (exact) mass is 379 g/mol. The Bertz CT molecular complexity index is 1040. The van der Waals surface area contributed by atoms with E-state index in [0.29, 0.717) is 12.0 Å². The van der Waals surface area contributed by atoms with Crippen molar-refractivity contribution in [2.45, 2.75) is 13.3 Å². The summed E-state index contributed by atoms with van der Waals surface area (Å²) in [4.78, 5) is 23.1. The van der Waals surface area contributed by atoms with Gasteiger partial charge in [-0.2, -0.15) is 0 Å². The maximum atomic E-state index is 12.6. The van der Waals surface area contributed by atoms with Crippen molar-refractivity contribution in [2.75, 3.05) is 13.7 Å². The Morgan fingerprint density at radius 2 is 1.93 bits per heavy atom. The molecule has 6 nitrogen and oxygen atoms in total. The molecule has 0 spiro atoms. The minimum Gasteiger partial charge on any atom is -0.546 e. The highest BCUT2D eigenvalue weighted by atomic mass is 16.5. The largest absolute Gasteiger partial charge is 0.546 e. The van der Waals surface area contributed by atoms with Crippen LogP contribution in [0.25, 0.3) is 17.0 Å². The van der Waals surface area contributed by atoms with Crippen LogP contribution in [0.4, 0.5) is 0 Å². The van der Waals surface area contributed by atoms with Crippen LogP contribution in [0.1, 0.15) is 28.6 Å². The molecule has 0 fully saturated rings. The Balaban J connectivity index is 1.86. The normalized spacial score (nSPS) is 11.1. The van der Waals surface area contributed by atoms with Crippen molar-refractivity contribution in [3.8, 4) is 11.5 Å². The van der Waals surface area contributed by atoms with Crippen LogP contribution in [0.15, 0.2) is 53.0 Å². The smallest absolute Gasteiger partial charge is 0.185 e. The van der Waals surface area contributed by atoms with Gasteiger partial charge in [0.25, 0.3) is 0 Å². The van der Waals surface area contributed by atoms with Gasteiger partial charge in [0.05, 0.1) is 13.1 Å². The number of rotatable bonds is 8. The second kappa shape index (κ2) is 8.43. The van der Waals surface area contributed by atoms with Crippen LogP contribution in [0.5, 0.6) is 11.5 Å². The van der Waals surface area contributed by atoms with Gasteiger partial charge in [-0.25, -0.2) is 0 Å². The maximum absolute atomic E-state index is 12.6. The lowest BCUT2D eigenvalue weighted by Crippen LogP contribution is -2.29. The van der Waals surface area contributed by atoms with Crippen LogP contribution in [-0.2, 0) is 11.2 Å². The molecule has 3 rings (SSSR count). The molecule has 0 aliphatic heterocycles. The van der Waals surface area contributed by atoms with Gasteiger partial charge in [-0.1, -0.05) is 25.1 Å². The third-order valence-corrected chi connectivity index (χ3v) is 4.23. The number of aryl methyl sites for hydroxylation is 1. The lowest BCUT2D eigenvalue weighted by atomic mass is 10.1. The summed E-state index contributed by atoms with van der Waals surface area (Å²) in [6, 6.07) is 12.2. The van der Waals surface area contributed by atoms with Gasteiger partial charge in [0.2, 0.25) is 0 Å². The van der Waals surface area contributed by atoms with Gasteiger partial charge in [-0.3, -0.25) is 4.79 Å². The van der Waals surface area contributed by atoms with E-state index in [-0.39, 0.29) is 17.3 Å². The second-order valence-electron chi connectivity index (χ2n) is 6.01. The van der Waals surface area contributed by atoms with Crippen molar-refractivity contribution in [1.29, 1.82) is 0 Å². The second-order valence-corrected chi connectivity index (χ2v) is 6.01. The number of fused-ring (bicyclic) bond motifs is 1. The molecular formula is C22H19O6-.